The number of sulfone groups is 1. The molecule has 4 heteroatoms. The zero-order valence-corrected chi connectivity index (χ0v) is 7.69. The van der Waals surface area contributed by atoms with E-state index in [0.29, 0.717) is 6.42 Å². The van der Waals surface area contributed by atoms with E-state index in [1.54, 1.807) is 0 Å². The van der Waals surface area contributed by atoms with Gasteiger partial charge in [-0.05, 0) is 12.3 Å². The van der Waals surface area contributed by atoms with Gasteiger partial charge in [-0.3, -0.25) is 0 Å². The average Bonchev–Trinajstić information content (AvgIpc) is 2.36. The third-order valence-electron chi connectivity index (χ3n) is 2.20. The standard InChI is InChI=1S/C7H14O3S/c1-3-6-4-7(6,8)5-11(2,9)10/h6,8H,3-5H2,1-2H3. The summed E-state index contributed by atoms with van der Waals surface area (Å²) in [7, 11) is -3.01. The molecular weight excluding hydrogens is 164 g/mol. The molecule has 2 unspecified atom stereocenters. The summed E-state index contributed by atoms with van der Waals surface area (Å²) in [5, 5.41) is 9.54. The molecule has 0 bridgehead atoms. The van der Waals surface area contributed by atoms with Crippen LogP contribution in [-0.4, -0.2) is 31.1 Å². The summed E-state index contributed by atoms with van der Waals surface area (Å²) in [5.41, 5.74) is -0.887. The Hall–Kier alpha value is -0.0900. The highest BCUT2D eigenvalue weighted by atomic mass is 32.2. The summed E-state index contributed by atoms with van der Waals surface area (Å²) in [5.74, 6) is 0.135. The van der Waals surface area contributed by atoms with E-state index in [1.807, 2.05) is 6.92 Å². The van der Waals surface area contributed by atoms with Gasteiger partial charge in [-0.15, -0.1) is 0 Å². The van der Waals surface area contributed by atoms with Crippen molar-refractivity contribution in [1.29, 1.82) is 0 Å². The van der Waals surface area contributed by atoms with Gasteiger partial charge in [0.05, 0.1) is 11.4 Å². The van der Waals surface area contributed by atoms with Gasteiger partial charge < -0.3 is 5.11 Å². The van der Waals surface area contributed by atoms with Crippen LogP contribution in [-0.2, 0) is 9.84 Å². The summed E-state index contributed by atoms with van der Waals surface area (Å²) in [6.07, 6.45) is 2.68. The zero-order valence-electron chi connectivity index (χ0n) is 6.87. The second-order valence-electron chi connectivity index (χ2n) is 3.48. The van der Waals surface area contributed by atoms with Crippen LogP contribution in [0.1, 0.15) is 19.8 Å². The van der Waals surface area contributed by atoms with Crippen molar-refractivity contribution in [2.75, 3.05) is 12.0 Å². The normalized spacial score (nSPS) is 37.2. The van der Waals surface area contributed by atoms with Crippen molar-refractivity contribution in [3.8, 4) is 0 Å². The van der Waals surface area contributed by atoms with Crippen molar-refractivity contribution in [3.63, 3.8) is 0 Å². The van der Waals surface area contributed by atoms with Crippen LogP contribution >= 0.6 is 0 Å². The fourth-order valence-electron chi connectivity index (χ4n) is 1.52. The highest BCUT2D eigenvalue weighted by Gasteiger charge is 2.53. The maximum Gasteiger partial charge on any atom is 0.150 e. The van der Waals surface area contributed by atoms with Crippen LogP contribution in [0.15, 0.2) is 0 Å². The molecule has 0 aliphatic heterocycles. The smallest absolute Gasteiger partial charge is 0.150 e. The van der Waals surface area contributed by atoms with Crippen molar-refractivity contribution in [1.82, 2.24) is 0 Å². The summed E-state index contributed by atoms with van der Waals surface area (Å²) < 4.78 is 21.6. The van der Waals surface area contributed by atoms with Gasteiger partial charge in [0.25, 0.3) is 0 Å². The second-order valence-corrected chi connectivity index (χ2v) is 5.62. The number of hydrogen-bond acceptors (Lipinski definition) is 3. The van der Waals surface area contributed by atoms with Crippen LogP contribution in [0.25, 0.3) is 0 Å². The van der Waals surface area contributed by atoms with Gasteiger partial charge in [0.2, 0.25) is 0 Å². The summed E-state index contributed by atoms with van der Waals surface area (Å²) in [6, 6.07) is 0. The van der Waals surface area contributed by atoms with Crippen molar-refractivity contribution in [2.45, 2.75) is 25.4 Å². The van der Waals surface area contributed by atoms with E-state index in [2.05, 4.69) is 0 Å². The Bertz CT molecular complexity index is 244. The molecule has 0 aromatic heterocycles. The molecule has 3 nitrogen and oxygen atoms in total. The van der Waals surface area contributed by atoms with Crippen LogP contribution in [0.5, 0.6) is 0 Å². The van der Waals surface area contributed by atoms with Crippen LogP contribution < -0.4 is 0 Å². The first-order chi connectivity index (χ1) is 4.87. The molecule has 0 saturated heterocycles. The lowest BCUT2D eigenvalue weighted by Gasteiger charge is -2.06. The molecule has 66 valence electrons. The fourth-order valence-corrected chi connectivity index (χ4v) is 2.78. The lowest BCUT2D eigenvalue weighted by Crippen LogP contribution is -2.23. The Balaban J connectivity index is 2.53. The summed E-state index contributed by atoms with van der Waals surface area (Å²) in [4.78, 5) is 0. The van der Waals surface area contributed by atoms with Crippen LogP contribution in [0.2, 0.25) is 0 Å². The Kier molecular flexibility index (Phi) is 2.01. The molecule has 1 N–H and O–H groups in total. The second kappa shape index (κ2) is 2.45. The Morgan fingerprint density at radius 3 is 2.45 bits per heavy atom. The fraction of sp³-hybridized carbons (Fsp3) is 1.00. The predicted octanol–water partition coefficient (Wildman–Crippen LogP) is 0.192. The molecule has 1 fully saturated rings. The third-order valence-corrected chi connectivity index (χ3v) is 3.23. The molecule has 11 heavy (non-hydrogen) atoms. The molecule has 0 aromatic carbocycles. The lowest BCUT2D eigenvalue weighted by molar-refractivity contribution is 0.154. The molecule has 0 amide bonds. The first-order valence-electron chi connectivity index (χ1n) is 3.77. The van der Waals surface area contributed by atoms with Gasteiger partial charge in [-0.2, -0.15) is 0 Å². The first kappa shape index (κ1) is 9.00. The molecule has 2 atom stereocenters. The molecule has 0 spiro atoms. The van der Waals surface area contributed by atoms with Crippen molar-refractivity contribution >= 4 is 9.84 Å². The largest absolute Gasteiger partial charge is 0.389 e. The maximum absolute atomic E-state index is 10.8. The molecule has 0 radical (unpaired) electrons. The van der Waals surface area contributed by atoms with Gasteiger partial charge in [-0.1, -0.05) is 13.3 Å². The number of hydrogen-bond donors (Lipinski definition) is 1. The van der Waals surface area contributed by atoms with E-state index in [4.69, 9.17) is 0 Å². The molecule has 1 aliphatic carbocycles. The minimum Gasteiger partial charge on any atom is -0.389 e. The monoisotopic (exact) mass is 178 g/mol. The van der Waals surface area contributed by atoms with Gasteiger partial charge in [-0.25, -0.2) is 8.42 Å². The van der Waals surface area contributed by atoms with E-state index in [-0.39, 0.29) is 11.7 Å². The highest BCUT2D eigenvalue weighted by molar-refractivity contribution is 7.90. The molecular formula is C7H14O3S. The van der Waals surface area contributed by atoms with Gasteiger partial charge >= 0.3 is 0 Å². The summed E-state index contributed by atoms with van der Waals surface area (Å²) in [6.45, 7) is 1.96. The topological polar surface area (TPSA) is 54.4 Å². The quantitative estimate of drug-likeness (QED) is 0.671. The first-order valence-corrected chi connectivity index (χ1v) is 5.83. The van der Waals surface area contributed by atoms with Crippen molar-refractivity contribution < 1.29 is 13.5 Å². The third kappa shape index (κ3) is 2.17. The van der Waals surface area contributed by atoms with Crippen LogP contribution in [0.3, 0.4) is 0 Å². The van der Waals surface area contributed by atoms with E-state index >= 15 is 0 Å². The predicted molar refractivity (Wildman–Crippen MR) is 43.1 cm³/mol. The van der Waals surface area contributed by atoms with Crippen LogP contribution in [0, 0.1) is 5.92 Å². The number of rotatable bonds is 3. The minimum absolute atomic E-state index is 0.0709. The zero-order chi connectivity index (χ0) is 8.70. The van der Waals surface area contributed by atoms with E-state index in [1.165, 1.54) is 0 Å². The van der Waals surface area contributed by atoms with E-state index in [9.17, 15) is 13.5 Å². The van der Waals surface area contributed by atoms with Gasteiger partial charge in [0, 0.05) is 6.26 Å². The van der Waals surface area contributed by atoms with Gasteiger partial charge in [0.15, 0.2) is 0 Å². The van der Waals surface area contributed by atoms with E-state index < -0.39 is 15.4 Å². The molecule has 1 aliphatic rings. The molecule has 1 rings (SSSR count). The average molecular weight is 178 g/mol. The number of aliphatic hydroxyl groups is 1. The minimum atomic E-state index is -3.01. The van der Waals surface area contributed by atoms with Crippen molar-refractivity contribution in [2.24, 2.45) is 5.92 Å². The summed E-state index contributed by atoms with van der Waals surface area (Å²) >= 11 is 0. The molecule has 0 aromatic rings. The van der Waals surface area contributed by atoms with Crippen molar-refractivity contribution in [3.05, 3.63) is 0 Å². The molecule has 1 saturated carbocycles. The Morgan fingerprint density at radius 2 is 2.18 bits per heavy atom. The van der Waals surface area contributed by atoms with Crippen LogP contribution in [0.4, 0.5) is 0 Å². The van der Waals surface area contributed by atoms with Gasteiger partial charge in [0.1, 0.15) is 9.84 Å². The Morgan fingerprint density at radius 1 is 1.64 bits per heavy atom. The maximum atomic E-state index is 10.8. The SMILES string of the molecule is CCC1CC1(O)CS(C)(=O)=O. The highest BCUT2D eigenvalue weighted by Crippen LogP contribution is 2.46. The lowest BCUT2D eigenvalue weighted by atomic mass is 10.2. The van der Waals surface area contributed by atoms with E-state index in [0.717, 1.165) is 12.7 Å². The Labute approximate surface area is 67.3 Å². The molecule has 0 heterocycles.